The first-order valence-corrected chi connectivity index (χ1v) is 19.6. The van der Waals surface area contributed by atoms with Gasteiger partial charge in [0.05, 0.1) is 26.9 Å². The summed E-state index contributed by atoms with van der Waals surface area (Å²) in [5.74, 6) is 3.10. The van der Waals surface area contributed by atoms with Crippen molar-refractivity contribution in [1.29, 1.82) is 0 Å². The fourth-order valence-electron chi connectivity index (χ4n) is 5.74. The first-order chi connectivity index (χ1) is 27.8. The predicted octanol–water partition coefficient (Wildman–Crippen LogP) is 9.71. The topological polar surface area (TPSA) is 158 Å². The van der Waals surface area contributed by atoms with E-state index in [4.69, 9.17) is 4.98 Å². The third-order valence-corrected chi connectivity index (χ3v) is 11.6. The molecule has 0 atom stereocenters. The zero-order valence-electron chi connectivity index (χ0n) is 29.4. The van der Waals surface area contributed by atoms with Crippen LogP contribution in [0.15, 0.2) is 152 Å². The van der Waals surface area contributed by atoms with Gasteiger partial charge in [-0.05, 0) is 84.2 Å². The van der Waals surface area contributed by atoms with Crippen LogP contribution in [0.25, 0.3) is 86.3 Å². The maximum atomic E-state index is 5.01. The van der Waals surface area contributed by atoms with Crippen LogP contribution < -0.4 is 0 Å². The van der Waals surface area contributed by atoms with Crippen LogP contribution in [-0.2, 0) is 19.5 Å². The molecule has 11 aromatic rings. The fourth-order valence-corrected chi connectivity index (χ4v) is 8.62. The minimum absolute atomic E-state index is 0. The molecule has 0 aliphatic carbocycles. The Morgan fingerprint density at radius 3 is 1.28 bits per heavy atom. The molecule has 12 nitrogen and oxygen atoms in total. The summed E-state index contributed by atoms with van der Waals surface area (Å²) >= 11 is 5.38. The van der Waals surface area contributed by atoms with Crippen molar-refractivity contribution in [1.82, 2.24) is 59.8 Å². The maximum absolute atomic E-state index is 5.01. The molecule has 0 fully saturated rings. The second-order valence-corrected chi connectivity index (χ2v) is 14.8. The van der Waals surface area contributed by atoms with E-state index in [-0.39, 0.29) is 19.5 Å². The Hall–Kier alpha value is -6.45. The van der Waals surface area contributed by atoms with E-state index in [0.29, 0.717) is 23.3 Å². The molecule has 10 aromatic heterocycles. The SMILES string of the molecule is [Ru].c1cnc(-c2ncccn2)nc1.c1cnc(-c2ncccn2)nc1.c1csc(-c2ccc(-c3ccc(-c4nc5c6cccnc6c6ncccc6c5[nH]4)s3)s2)c1. The van der Waals surface area contributed by atoms with Gasteiger partial charge in [-0.25, -0.2) is 44.9 Å². The number of thiophene rings is 3. The first-order valence-electron chi connectivity index (χ1n) is 17.1. The Balaban J connectivity index is 0.000000149. The minimum Gasteiger partial charge on any atom is -0.337 e. The number of nitrogens with one attached hydrogen (secondary N) is 1. The predicted molar refractivity (Wildman–Crippen MR) is 223 cm³/mol. The van der Waals surface area contributed by atoms with Crippen molar-refractivity contribution < 1.29 is 19.5 Å². The van der Waals surface area contributed by atoms with Gasteiger partial charge in [-0.2, -0.15) is 0 Å². The van der Waals surface area contributed by atoms with Gasteiger partial charge in [-0.1, -0.05) is 6.07 Å². The van der Waals surface area contributed by atoms with E-state index < -0.39 is 0 Å². The van der Waals surface area contributed by atoms with Gasteiger partial charge in [0.25, 0.3) is 0 Å². The summed E-state index contributed by atoms with van der Waals surface area (Å²) in [4.78, 5) is 56.2. The number of benzene rings is 1. The van der Waals surface area contributed by atoms with Crippen molar-refractivity contribution in [2.75, 3.05) is 0 Å². The smallest absolute Gasteiger partial charge is 0.197 e. The van der Waals surface area contributed by atoms with Gasteiger partial charge in [0, 0.05) is 112 Å². The van der Waals surface area contributed by atoms with Crippen LogP contribution in [0.1, 0.15) is 0 Å². The Morgan fingerprint density at radius 1 is 0.368 bits per heavy atom. The third kappa shape index (κ3) is 8.25. The van der Waals surface area contributed by atoms with Gasteiger partial charge >= 0.3 is 0 Å². The number of aromatic nitrogens is 12. The van der Waals surface area contributed by atoms with Gasteiger partial charge in [0.1, 0.15) is 5.82 Å². The zero-order valence-corrected chi connectivity index (χ0v) is 33.6. The summed E-state index contributed by atoms with van der Waals surface area (Å²) in [5, 5.41) is 4.19. The number of nitrogens with zero attached hydrogens (tertiary/aromatic N) is 11. The molecular weight excluding hydrogens is 858 g/mol. The van der Waals surface area contributed by atoms with Crippen molar-refractivity contribution in [3.63, 3.8) is 0 Å². The average molecular weight is 884 g/mol. The normalized spacial score (nSPS) is 10.7. The monoisotopic (exact) mass is 884 g/mol. The molecule has 1 N–H and O–H groups in total. The summed E-state index contributed by atoms with van der Waals surface area (Å²) in [6.45, 7) is 0. The van der Waals surface area contributed by atoms with E-state index in [0.717, 1.165) is 43.5 Å². The number of aromatic amines is 1. The molecule has 0 spiro atoms. The number of imidazole rings is 1. The molecule has 0 bridgehead atoms. The summed E-state index contributed by atoms with van der Waals surface area (Å²) in [6.07, 6.45) is 17.0. The van der Waals surface area contributed by atoms with Crippen molar-refractivity contribution >= 4 is 66.8 Å². The Morgan fingerprint density at radius 2 is 0.789 bits per heavy atom. The molecule has 57 heavy (non-hydrogen) atoms. The molecule has 0 amide bonds. The van der Waals surface area contributed by atoms with Crippen molar-refractivity contribution in [2.45, 2.75) is 0 Å². The molecule has 16 heteroatoms. The number of fused-ring (bicyclic) bond motifs is 6. The van der Waals surface area contributed by atoms with Gasteiger partial charge < -0.3 is 4.98 Å². The maximum Gasteiger partial charge on any atom is 0.197 e. The number of rotatable bonds is 5. The second-order valence-electron chi connectivity index (χ2n) is 11.7. The van der Waals surface area contributed by atoms with E-state index in [2.05, 4.69) is 109 Å². The summed E-state index contributed by atoms with van der Waals surface area (Å²) in [7, 11) is 0. The van der Waals surface area contributed by atoms with E-state index in [1.165, 1.54) is 19.5 Å². The Kier molecular flexibility index (Phi) is 11.5. The van der Waals surface area contributed by atoms with Crippen LogP contribution in [0.5, 0.6) is 0 Å². The Labute approximate surface area is 349 Å². The average Bonchev–Trinajstić information content (AvgIpc) is 4.13. The minimum atomic E-state index is 0. The van der Waals surface area contributed by atoms with Crippen LogP contribution in [0.3, 0.4) is 0 Å². The molecule has 1 aromatic carbocycles. The molecule has 0 saturated carbocycles. The summed E-state index contributed by atoms with van der Waals surface area (Å²) in [5.41, 5.74) is 3.74. The fraction of sp³-hybridized carbons (Fsp3) is 0. The molecule has 10 heterocycles. The van der Waals surface area contributed by atoms with Crippen molar-refractivity contribution in [3.8, 4) is 53.5 Å². The van der Waals surface area contributed by atoms with Gasteiger partial charge in [-0.15, -0.1) is 34.0 Å². The standard InChI is InChI=1S/C25H14N4S3.2C8H6N4.Ru/c1-4-14-21(26-11-1)22-15(5-2-12-27-22)24-23(14)28-25(29-24)20-10-9-19(32-20)18-8-7-17(31-18)16-6-3-13-30-16;2*1-3-9-7(10-4-1)8-11-5-2-6-12-8;/h1-13H,(H,28,29);2*1-6H;. The van der Waals surface area contributed by atoms with Crippen LogP contribution in [0.4, 0.5) is 0 Å². The van der Waals surface area contributed by atoms with Crippen LogP contribution in [0.2, 0.25) is 0 Å². The zero-order chi connectivity index (χ0) is 37.5. The van der Waals surface area contributed by atoms with E-state index in [9.17, 15) is 0 Å². The summed E-state index contributed by atoms with van der Waals surface area (Å²) in [6, 6.07) is 28.1. The summed E-state index contributed by atoms with van der Waals surface area (Å²) < 4.78 is 0. The third-order valence-electron chi connectivity index (χ3n) is 8.18. The van der Waals surface area contributed by atoms with Crippen LogP contribution in [0, 0.1) is 0 Å². The van der Waals surface area contributed by atoms with Crippen molar-refractivity contribution in [2.24, 2.45) is 0 Å². The molecule has 11 rings (SSSR count). The molecular formula is C41H26N12RuS3. The van der Waals surface area contributed by atoms with E-state index in [1.807, 2.05) is 35.9 Å². The molecule has 0 aliphatic heterocycles. The molecule has 276 valence electrons. The number of H-pyrrole nitrogens is 1. The first kappa shape index (κ1) is 37.5. The largest absolute Gasteiger partial charge is 0.337 e. The second kappa shape index (κ2) is 17.6. The van der Waals surface area contributed by atoms with E-state index >= 15 is 0 Å². The molecule has 0 saturated heterocycles. The number of pyridine rings is 2. The number of hydrogen-bond acceptors (Lipinski definition) is 14. The Bertz CT molecular complexity index is 2760. The quantitative estimate of drug-likeness (QED) is 0.130. The van der Waals surface area contributed by atoms with Crippen molar-refractivity contribution in [3.05, 3.63) is 152 Å². The van der Waals surface area contributed by atoms with Gasteiger partial charge in [0.15, 0.2) is 23.3 Å². The van der Waals surface area contributed by atoms with Gasteiger partial charge in [0.2, 0.25) is 0 Å². The van der Waals surface area contributed by atoms with Gasteiger partial charge in [-0.3, -0.25) is 9.97 Å². The van der Waals surface area contributed by atoms with E-state index in [1.54, 1.807) is 96.5 Å². The van der Waals surface area contributed by atoms with Crippen LogP contribution >= 0.6 is 34.0 Å². The number of hydrogen-bond donors (Lipinski definition) is 1. The molecule has 0 radical (unpaired) electrons. The molecule has 0 aliphatic rings. The van der Waals surface area contributed by atoms with Crippen LogP contribution in [-0.4, -0.2) is 59.8 Å². The molecule has 0 unspecified atom stereocenters.